The number of aliphatic hydroxyl groups is 5. The van der Waals surface area contributed by atoms with Crippen LogP contribution in [0.15, 0.2) is 0 Å². The van der Waals surface area contributed by atoms with Gasteiger partial charge in [-0.15, -0.1) is 0 Å². The van der Waals surface area contributed by atoms with Crippen LogP contribution in [0.4, 0.5) is 0 Å². The van der Waals surface area contributed by atoms with Crippen molar-refractivity contribution in [2.45, 2.75) is 199 Å². The van der Waals surface area contributed by atoms with Crippen LogP contribution >= 0.6 is 0 Å². The van der Waals surface area contributed by atoms with Crippen molar-refractivity contribution < 1.29 is 58.7 Å². The summed E-state index contributed by atoms with van der Waals surface area (Å²) < 4.78 is 37.5. The van der Waals surface area contributed by atoms with E-state index in [2.05, 4.69) is 5.32 Å². The molecule has 0 amide bonds. The van der Waals surface area contributed by atoms with E-state index in [9.17, 15) is 30.3 Å². The Morgan fingerprint density at radius 2 is 1.50 bits per heavy atom. The van der Waals surface area contributed by atoms with Crippen LogP contribution in [-0.2, 0) is 33.2 Å². The molecule has 3 heterocycles. The maximum Gasteiger partial charge on any atom is 0.311 e. The molecule has 0 aromatic heterocycles. The molecule has 19 atom stereocenters. The molecule has 13 heteroatoms. The second-order valence-corrected chi connectivity index (χ2v) is 17.1. The average Bonchev–Trinajstić information content (AvgIpc) is 3.07. The fourth-order valence-corrected chi connectivity index (χ4v) is 9.06. The highest BCUT2D eigenvalue weighted by molar-refractivity contribution is 5.73. The summed E-state index contributed by atoms with van der Waals surface area (Å²) in [6, 6.07) is -0.363. The SMILES string of the molecule is CCCN[C@@H]1[C@H](C)[C@@H](O)[C@](C)(O)[C@@H](CC)OC(=O)[C@H](C)[C@@H](OC2CC(C)(OC)C(O)C(C)O2)[C@H](C)[C@@H](OC2OC(C)CC(C)C2O)[C@](C)(O)C[C@H]1C. The van der Waals surface area contributed by atoms with Gasteiger partial charge >= 0.3 is 5.97 Å². The monoisotopic (exact) mass is 748 g/mol. The van der Waals surface area contributed by atoms with E-state index < -0.39 is 95.8 Å². The van der Waals surface area contributed by atoms with Crippen LogP contribution in [0.1, 0.15) is 115 Å². The van der Waals surface area contributed by atoms with E-state index in [0.29, 0.717) is 13.0 Å². The zero-order valence-corrected chi connectivity index (χ0v) is 34.1. The highest BCUT2D eigenvalue weighted by Crippen LogP contribution is 2.41. The van der Waals surface area contributed by atoms with Gasteiger partial charge in [-0.2, -0.15) is 0 Å². The fraction of sp³-hybridized carbons (Fsp3) is 0.974. The Balaban J connectivity index is 2.20. The Morgan fingerprint density at radius 3 is 2.08 bits per heavy atom. The Bertz CT molecular complexity index is 1120. The van der Waals surface area contributed by atoms with Crippen LogP contribution in [0, 0.1) is 29.6 Å². The van der Waals surface area contributed by atoms with E-state index >= 15 is 0 Å². The van der Waals surface area contributed by atoms with E-state index in [1.165, 1.54) is 14.0 Å². The number of rotatable bonds is 9. The largest absolute Gasteiger partial charge is 0.459 e. The molecule has 52 heavy (non-hydrogen) atoms. The third-order valence-corrected chi connectivity index (χ3v) is 12.4. The first-order valence-corrected chi connectivity index (χ1v) is 19.7. The van der Waals surface area contributed by atoms with Gasteiger partial charge in [0.25, 0.3) is 0 Å². The summed E-state index contributed by atoms with van der Waals surface area (Å²) in [5.41, 5.74) is -4.42. The molecule has 0 radical (unpaired) electrons. The second-order valence-electron chi connectivity index (χ2n) is 17.1. The molecule has 306 valence electrons. The maximum absolute atomic E-state index is 14.2. The first-order chi connectivity index (χ1) is 24.1. The normalized spacial score (nSPS) is 50.3. The molecule has 3 saturated heterocycles. The van der Waals surface area contributed by atoms with Gasteiger partial charge in [0, 0.05) is 31.4 Å². The van der Waals surface area contributed by atoms with Gasteiger partial charge in [0.15, 0.2) is 12.6 Å². The molecule has 0 aromatic rings. The van der Waals surface area contributed by atoms with Crippen molar-refractivity contribution in [2.24, 2.45) is 29.6 Å². The van der Waals surface area contributed by atoms with Crippen molar-refractivity contribution in [3.63, 3.8) is 0 Å². The van der Waals surface area contributed by atoms with Crippen molar-refractivity contribution in [3.05, 3.63) is 0 Å². The molecular weight excluding hydrogens is 674 g/mol. The highest BCUT2D eigenvalue weighted by atomic mass is 16.7. The number of nitrogens with one attached hydrogen (secondary N) is 1. The molecule has 0 aromatic carbocycles. The summed E-state index contributed by atoms with van der Waals surface area (Å²) in [6.45, 7) is 22.3. The predicted molar refractivity (Wildman–Crippen MR) is 195 cm³/mol. The Hall–Kier alpha value is -0.970. The van der Waals surface area contributed by atoms with Gasteiger partial charge in [0.05, 0.1) is 47.6 Å². The number of cyclic esters (lactones) is 1. The zero-order valence-electron chi connectivity index (χ0n) is 34.1. The van der Waals surface area contributed by atoms with Crippen molar-refractivity contribution in [1.82, 2.24) is 5.32 Å². The summed E-state index contributed by atoms with van der Waals surface area (Å²) in [7, 11) is 1.51. The van der Waals surface area contributed by atoms with E-state index in [0.717, 1.165) is 6.42 Å². The van der Waals surface area contributed by atoms with E-state index in [1.807, 2.05) is 41.5 Å². The summed E-state index contributed by atoms with van der Waals surface area (Å²) in [6.07, 6.45) is -7.17. The molecule has 0 saturated carbocycles. The number of hydrogen-bond acceptors (Lipinski definition) is 13. The van der Waals surface area contributed by atoms with Crippen molar-refractivity contribution >= 4 is 5.97 Å². The van der Waals surface area contributed by atoms with Crippen LogP contribution in [0.3, 0.4) is 0 Å². The quantitative estimate of drug-likeness (QED) is 0.189. The molecule has 3 fully saturated rings. The number of ether oxygens (including phenoxy) is 6. The van der Waals surface area contributed by atoms with Gasteiger partial charge in [-0.05, 0) is 85.6 Å². The molecule has 3 aliphatic rings. The molecule has 6 N–H and O–H groups in total. The molecule has 3 aliphatic heterocycles. The molecule has 0 spiro atoms. The standard InChI is InChI=1S/C39H73NO12/c1-14-16-40-29-21(4)18-37(10,45)34(52-36-30(41)20(3)17-22(5)48-36)24(7)31(51-28-19-38(11,47-13)33(43)26(9)49-28)25(8)35(44)50-27(15-2)39(12,46)32(42)23(29)6/h20-34,36,40-43,45-46H,14-19H2,1-13H3/t20?,21-,22?,23+,24+,25-,26?,27-,28?,29+,30?,31+,32-,33?,34-,36?,37-,38?,39-/m1/s1. The number of esters is 1. The minimum Gasteiger partial charge on any atom is -0.459 e. The molecule has 0 aliphatic carbocycles. The van der Waals surface area contributed by atoms with Crippen LogP contribution < -0.4 is 5.32 Å². The summed E-state index contributed by atoms with van der Waals surface area (Å²) >= 11 is 0. The third-order valence-electron chi connectivity index (χ3n) is 12.4. The topological polar surface area (TPSA) is 186 Å². The van der Waals surface area contributed by atoms with E-state index in [4.69, 9.17) is 28.4 Å². The smallest absolute Gasteiger partial charge is 0.311 e. The highest BCUT2D eigenvalue weighted by Gasteiger charge is 2.53. The summed E-state index contributed by atoms with van der Waals surface area (Å²) in [5, 5.41) is 62.0. The number of hydrogen-bond donors (Lipinski definition) is 6. The van der Waals surface area contributed by atoms with Gasteiger partial charge in [-0.1, -0.05) is 41.5 Å². The third kappa shape index (κ3) is 10.1. The average molecular weight is 748 g/mol. The molecular formula is C39H73NO12. The van der Waals surface area contributed by atoms with E-state index in [-0.39, 0.29) is 43.2 Å². The molecule has 3 rings (SSSR count). The number of methoxy groups -OCH3 is 1. The number of aliphatic hydroxyl groups excluding tert-OH is 3. The van der Waals surface area contributed by atoms with Crippen LogP contribution in [0.5, 0.6) is 0 Å². The van der Waals surface area contributed by atoms with E-state index in [1.54, 1.807) is 34.6 Å². The van der Waals surface area contributed by atoms with Crippen molar-refractivity contribution in [3.8, 4) is 0 Å². The predicted octanol–water partition coefficient (Wildman–Crippen LogP) is 3.29. The minimum absolute atomic E-state index is 0.133. The van der Waals surface area contributed by atoms with Gasteiger partial charge in [-0.25, -0.2) is 0 Å². The van der Waals surface area contributed by atoms with Crippen LogP contribution in [0.25, 0.3) is 0 Å². The van der Waals surface area contributed by atoms with Crippen LogP contribution in [-0.4, -0.2) is 129 Å². The zero-order chi connectivity index (χ0) is 39.5. The minimum atomic E-state index is -1.81. The van der Waals surface area contributed by atoms with Gasteiger partial charge in [0.2, 0.25) is 0 Å². The first-order valence-electron chi connectivity index (χ1n) is 19.7. The number of carbonyl (C=O) groups excluding carboxylic acids is 1. The molecule has 0 bridgehead atoms. The lowest BCUT2D eigenvalue weighted by Gasteiger charge is -2.49. The number of carbonyl (C=O) groups is 1. The maximum atomic E-state index is 14.2. The fourth-order valence-electron chi connectivity index (χ4n) is 9.06. The second kappa shape index (κ2) is 18.3. The Labute approximate surface area is 312 Å². The first kappa shape index (κ1) is 45.4. The lowest BCUT2D eigenvalue weighted by atomic mass is 9.72. The molecule has 13 nitrogen and oxygen atoms in total. The van der Waals surface area contributed by atoms with Gasteiger partial charge in [-0.3, -0.25) is 4.79 Å². The van der Waals surface area contributed by atoms with Crippen molar-refractivity contribution in [1.29, 1.82) is 0 Å². The van der Waals surface area contributed by atoms with Crippen molar-refractivity contribution in [2.75, 3.05) is 13.7 Å². The van der Waals surface area contributed by atoms with Crippen LogP contribution in [0.2, 0.25) is 0 Å². The summed E-state index contributed by atoms with van der Waals surface area (Å²) in [4.78, 5) is 14.2. The molecule has 8 unspecified atom stereocenters. The van der Waals surface area contributed by atoms with Gasteiger partial charge in [0.1, 0.15) is 23.9 Å². The Morgan fingerprint density at radius 1 is 0.865 bits per heavy atom. The lowest BCUT2D eigenvalue weighted by molar-refractivity contribution is -0.318. The summed E-state index contributed by atoms with van der Waals surface area (Å²) in [5.74, 6) is -3.32. The van der Waals surface area contributed by atoms with Gasteiger partial charge < -0.3 is 59.3 Å². The lowest BCUT2D eigenvalue weighted by Crippen LogP contribution is -2.61. The Kier molecular flexibility index (Phi) is 16.0.